The molecule has 1 N–H and O–H groups in total. The van der Waals surface area contributed by atoms with Gasteiger partial charge in [-0.1, -0.05) is 24.8 Å². The molecular weight excluding hydrogens is 320 g/mol. The minimum Gasteiger partial charge on any atom is -0.422 e. The number of amides is 1. The lowest BCUT2D eigenvalue weighted by Gasteiger charge is -2.30. The molecule has 2 aromatic carbocycles. The average molecular weight is 334 g/mol. The van der Waals surface area contributed by atoms with Crippen LogP contribution < -0.4 is 15.8 Å². The van der Waals surface area contributed by atoms with Crippen LogP contribution in [0.25, 0.3) is 16.7 Å². The smallest absolute Gasteiger partial charge is 0.422 e. The number of aryl methyl sites for hydroxylation is 1. The minimum absolute atomic E-state index is 0.308. The number of rotatable bonds is 2. The number of carbonyl (C=O) groups is 1. The molecule has 0 unspecified atom stereocenters. The van der Waals surface area contributed by atoms with E-state index in [9.17, 15) is 9.59 Å². The Morgan fingerprint density at radius 2 is 1.84 bits per heavy atom. The Balaban J connectivity index is 1.86. The maximum absolute atomic E-state index is 12.3. The standard InChI is InChI=1S/C19H14N2O4/c1-11-10-16(22)25-18-14(11)8-9-15-17(18)12(2)21(19(23)24-15)20-13-6-4-3-5-7-13/h3-10,20H,2H2,1H3. The van der Waals surface area contributed by atoms with Gasteiger partial charge in [0.15, 0.2) is 5.58 Å². The second-order valence-corrected chi connectivity index (χ2v) is 5.69. The number of carbonyl (C=O) groups excluding carboxylic acids is 1. The van der Waals surface area contributed by atoms with E-state index in [1.165, 1.54) is 11.1 Å². The second-order valence-electron chi connectivity index (χ2n) is 5.69. The highest BCUT2D eigenvalue weighted by Crippen LogP contribution is 2.38. The third-order valence-electron chi connectivity index (χ3n) is 4.03. The molecule has 25 heavy (non-hydrogen) atoms. The molecule has 0 atom stereocenters. The molecular formula is C19H14N2O4. The number of fused-ring (bicyclic) bond motifs is 3. The highest BCUT2D eigenvalue weighted by molar-refractivity contribution is 5.99. The van der Waals surface area contributed by atoms with Crippen molar-refractivity contribution in [2.75, 3.05) is 5.43 Å². The van der Waals surface area contributed by atoms with Gasteiger partial charge in [-0.05, 0) is 36.8 Å². The van der Waals surface area contributed by atoms with Gasteiger partial charge in [0.25, 0.3) is 0 Å². The van der Waals surface area contributed by atoms with E-state index in [1.807, 2.05) is 37.3 Å². The summed E-state index contributed by atoms with van der Waals surface area (Å²) in [6.07, 6.45) is -0.615. The molecule has 0 saturated heterocycles. The van der Waals surface area contributed by atoms with Crippen LogP contribution in [0.4, 0.5) is 10.5 Å². The zero-order chi connectivity index (χ0) is 17.6. The highest BCUT2D eigenvalue weighted by Gasteiger charge is 2.32. The quantitative estimate of drug-likeness (QED) is 0.719. The number of benzene rings is 2. The fraction of sp³-hybridized carbons (Fsp3) is 0.0526. The normalized spacial score (nSPS) is 13.6. The molecule has 1 amide bonds. The Morgan fingerprint density at radius 3 is 2.60 bits per heavy atom. The van der Waals surface area contributed by atoms with Gasteiger partial charge >= 0.3 is 11.7 Å². The lowest BCUT2D eigenvalue weighted by Crippen LogP contribution is -2.39. The molecule has 0 saturated carbocycles. The summed E-state index contributed by atoms with van der Waals surface area (Å²) in [7, 11) is 0. The maximum atomic E-state index is 12.3. The number of para-hydroxylation sites is 1. The summed E-state index contributed by atoms with van der Waals surface area (Å²) in [5, 5.41) is 1.96. The van der Waals surface area contributed by atoms with E-state index in [2.05, 4.69) is 12.0 Å². The molecule has 0 fully saturated rings. The van der Waals surface area contributed by atoms with Crippen molar-refractivity contribution in [2.45, 2.75) is 6.92 Å². The molecule has 6 heteroatoms. The Morgan fingerprint density at radius 1 is 1.08 bits per heavy atom. The molecule has 1 aliphatic rings. The zero-order valence-corrected chi connectivity index (χ0v) is 13.4. The number of anilines is 1. The summed E-state index contributed by atoms with van der Waals surface area (Å²) in [5.74, 6) is 0.308. The molecule has 0 bridgehead atoms. The van der Waals surface area contributed by atoms with Crippen LogP contribution in [0.15, 0.2) is 64.3 Å². The number of nitrogens with zero attached hydrogens (tertiary/aromatic N) is 1. The summed E-state index contributed by atoms with van der Waals surface area (Å²) in [5.41, 5.74) is 5.13. The number of hydrazine groups is 1. The Kier molecular flexibility index (Phi) is 3.32. The first-order chi connectivity index (χ1) is 12.0. The molecule has 1 aliphatic heterocycles. The maximum Gasteiger partial charge on any atom is 0.438 e. The van der Waals surface area contributed by atoms with E-state index in [0.29, 0.717) is 28.3 Å². The minimum atomic E-state index is -0.615. The number of hydrogen-bond donors (Lipinski definition) is 1. The van der Waals surface area contributed by atoms with Crippen molar-refractivity contribution in [3.63, 3.8) is 0 Å². The summed E-state index contributed by atoms with van der Waals surface area (Å²) in [6, 6.07) is 14.0. The van der Waals surface area contributed by atoms with Crippen LogP contribution in [0, 0.1) is 6.92 Å². The Hall–Kier alpha value is -3.54. The van der Waals surface area contributed by atoms with Crippen molar-refractivity contribution in [2.24, 2.45) is 0 Å². The number of ether oxygens (including phenoxy) is 1. The topological polar surface area (TPSA) is 71.8 Å². The van der Waals surface area contributed by atoms with Crippen molar-refractivity contribution in [1.82, 2.24) is 5.01 Å². The SMILES string of the molecule is C=C1c2c(ccc3c(C)cc(=O)oc23)OC(=O)N1Nc1ccccc1. The summed E-state index contributed by atoms with van der Waals surface area (Å²) >= 11 is 0. The summed E-state index contributed by atoms with van der Waals surface area (Å²) in [6.45, 7) is 5.82. The molecule has 0 radical (unpaired) electrons. The zero-order valence-electron chi connectivity index (χ0n) is 13.4. The molecule has 6 nitrogen and oxygen atoms in total. The van der Waals surface area contributed by atoms with Gasteiger partial charge in [-0.15, -0.1) is 0 Å². The highest BCUT2D eigenvalue weighted by atomic mass is 16.6. The van der Waals surface area contributed by atoms with Crippen LogP contribution in [0.3, 0.4) is 0 Å². The molecule has 0 spiro atoms. The second kappa shape index (κ2) is 5.52. The summed E-state index contributed by atoms with van der Waals surface area (Å²) < 4.78 is 10.8. The van der Waals surface area contributed by atoms with Gasteiger partial charge in [-0.3, -0.25) is 5.43 Å². The van der Waals surface area contributed by atoms with Gasteiger partial charge in [0, 0.05) is 11.5 Å². The Bertz CT molecular complexity index is 1070. The van der Waals surface area contributed by atoms with E-state index in [4.69, 9.17) is 9.15 Å². The monoisotopic (exact) mass is 334 g/mol. The summed E-state index contributed by atoms with van der Waals surface area (Å²) in [4.78, 5) is 24.1. The first-order valence-corrected chi connectivity index (χ1v) is 7.65. The van der Waals surface area contributed by atoms with E-state index in [-0.39, 0.29) is 0 Å². The van der Waals surface area contributed by atoms with Gasteiger partial charge < -0.3 is 9.15 Å². The largest absolute Gasteiger partial charge is 0.438 e. The van der Waals surface area contributed by atoms with Crippen molar-refractivity contribution in [3.05, 3.63) is 76.7 Å². The predicted molar refractivity (Wildman–Crippen MR) is 94.2 cm³/mol. The van der Waals surface area contributed by atoms with E-state index in [0.717, 1.165) is 10.9 Å². The van der Waals surface area contributed by atoms with Crippen LogP contribution in [0.5, 0.6) is 5.75 Å². The predicted octanol–water partition coefficient (Wildman–Crippen LogP) is 3.91. The van der Waals surface area contributed by atoms with Crippen LogP contribution >= 0.6 is 0 Å². The third kappa shape index (κ3) is 2.44. The van der Waals surface area contributed by atoms with E-state index >= 15 is 0 Å². The average Bonchev–Trinajstić information content (AvgIpc) is 2.58. The third-order valence-corrected chi connectivity index (χ3v) is 4.03. The van der Waals surface area contributed by atoms with Crippen molar-refractivity contribution in [1.29, 1.82) is 0 Å². The van der Waals surface area contributed by atoms with E-state index < -0.39 is 11.7 Å². The van der Waals surface area contributed by atoms with Gasteiger partial charge in [-0.25, -0.2) is 9.59 Å². The lowest BCUT2D eigenvalue weighted by molar-refractivity contribution is 0.175. The lowest BCUT2D eigenvalue weighted by atomic mass is 10.0. The fourth-order valence-electron chi connectivity index (χ4n) is 2.84. The van der Waals surface area contributed by atoms with E-state index in [1.54, 1.807) is 12.1 Å². The first kappa shape index (κ1) is 15.0. The van der Waals surface area contributed by atoms with Crippen LogP contribution in [0.2, 0.25) is 0 Å². The van der Waals surface area contributed by atoms with Crippen molar-refractivity contribution < 1.29 is 13.9 Å². The first-order valence-electron chi connectivity index (χ1n) is 7.65. The molecule has 0 aliphatic carbocycles. The molecule has 2 heterocycles. The van der Waals surface area contributed by atoms with Crippen molar-refractivity contribution >= 4 is 28.4 Å². The molecule has 124 valence electrons. The Labute approximate surface area is 142 Å². The van der Waals surface area contributed by atoms with Gasteiger partial charge in [0.2, 0.25) is 0 Å². The van der Waals surface area contributed by atoms with Gasteiger partial charge in [-0.2, -0.15) is 5.01 Å². The van der Waals surface area contributed by atoms with Gasteiger partial charge in [0.05, 0.1) is 16.9 Å². The van der Waals surface area contributed by atoms with Crippen LogP contribution in [-0.4, -0.2) is 11.1 Å². The van der Waals surface area contributed by atoms with Crippen molar-refractivity contribution in [3.8, 4) is 5.75 Å². The van der Waals surface area contributed by atoms with Gasteiger partial charge in [0.1, 0.15) is 5.75 Å². The van der Waals surface area contributed by atoms with Crippen LogP contribution in [0.1, 0.15) is 11.1 Å². The molecule has 4 rings (SSSR count). The fourth-order valence-corrected chi connectivity index (χ4v) is 2.84. The molecule has 3 aromatic rings. The molecule has 1 aromatic heterocycles. The number of hydrogen-bond acceptors (Lipinski definition) is 5. The number of nitrogens with one attached hydrogen (secondary N) is 1. The van der Waals surface area contributed by atoms with Crippen LogP contribution in [-0.2, 0) is 0 Å².